The molecule has 24 heavy (non-hydrogen) atoms. The van der Waals surface area contributed by atoms with E-state index in [1.165, 1.54) is 12.1 Å². The smallest absolute Gasteiger partial charge is 0.352 e. The molecular formula is C13H18NO8P2+. The van der Waals surface area contributed by atoms with Crippen LogP contribution in [0.1, 0.15) is 28.8 Å². The molecule has 0 fully saturated rings. The van der Waals surface area contributed by atoms with Crippen molar-refractivity contribution >= 4 is 27.8 Å². The Bertz CT molecular complexity index is 656. The second-order valence-electron chi connectivity index (χ2n) is 5.02. The van der Waals surface area contributed by atoms with Gasteiger partial charge in [-0.1, -0.05) is 12.1 Å². The van der Waals surface area contributed by atoms with Gasteiger partial charge in [0.15, 0.2) is 0 Å². The molecule has 0 saturated carbocycles. The normalized spacial score (nSPS) is 14.6. The Morgan fingerprint density at radius 3 is 2.33 bits per heavy atom. The second-order valence-corrected chi connectivity index (χ2v) is 8.48. The first-order valence-corrected chi connectivity index (χ1v) is 9.69. The lowest BCUT2D eigenvalue weighted by molar-refractivity contribution is -0.107. The summed E-state index contributed by atoms with van der Waals surface area (Å²) >= 11 is 0. The highest BCUT2D eigenvalue weighted by Gasteiger charge is 2.62. The van der Waals surface area contributed by atoms with E-state index >= 15 is 0 Å². The third kappa shape index (κ3) is 5.27. The van der Waals surface area contributed by atoms with E-state index in [1.807, 2.05) is 0 Å². The Morgan fingerprint density at radius 2 is 1.88 bits per heavy atom. The first-order valence-electron chi connectivity index (χ1n) is 6.87. The van der Waals surface area contributed by atoms with Crippen molar-refractivity contribution in [3.63, 3.8) is 0 Å². The summed E-state index contributed by atoms with van der Waals surface area (Å²) in [7, 11) is -8.71. The van der Waals surface area contributed by atoms with E-state index in [-0.39, 0.29) is 19.4 Å². The Morgan fingerprint density at radius 1 is 1.29 bits per heavy atom. The van der Waals surface area contributed by atoms with E-state index in [9.17, 15) is 23.8 Å². The van der Waals surface area contributed by atoms with Gasteiger partial charge in [-0.05, 0) is 28.7 Å². The molecule has 0 spiro atoms. The molecule has 2 atom stereocenters. The van der Waals surface area contributed by atoms with Crippen LogP contribution in [-0.2, 0) is 20.3 Å². The van der Waals surface area contributed by atoms with Gasteiger partial charge in [-0.2, -0.15) is 4.89 Å². The summed E-state index contributed by atoms with van der Waals surface area (Å²) in [6.07, 6.45) is 0.213. The number of amides is 1. The molecule has 0 aromatic heterocycles. The predicted octanol–water partition coefficient (Wildman–Crippen LogP) is 0.496. The van der Waals surface area contributed by atoms with Crippen LogP contribution in [0.15, 0.2) is 24.3 Å². The summed E-state index contributed by atoms with van der Waals surface area (Å²) in [5.41, 5.74) is 1.07. The zero-order valence-corrected chi connectivity index (χ0v) is 14.3. The summed E-state index contributed by atoms with van der Waals surface area (Å²) in [6.45, 7) is -0.0552. The number of carbonyl (C=O) groups excluding carboxylic acids is 2. The van der Waals surface area contributed by atoms with Crippen molar-refractivity contribution in [2.75, 3.05) is 6.54 Å². The van der Waals surface area contributed by atoms with Crippen LogP contribution in [-0.4, -0.2) is 43.6 Å². The van der Waals surface area contributed by atoms with Gasteiger partial charge in [0, 0.05) is 24.9 Å². The molecule has 0 aliphatic carbocycles. The highest BCUT2D eigenvalue weighted by atomic mass is 31.2. The number of nitrogens with one attached hydrogen (secondary N) is 1. The van der Waals surface area contributed by atoms with Crippen LogP contribution >= 0.6 is 15.6 Å². The fourth-order valence-electron chi connectivity index (χ4n) is 1.87. The summed E-state index contributed by atoms with van der Waals surface area (Å²) < 4.78 is 22.1. The number of hydrogen-bond acceptors (Lipinski definition) is 5. The second kappa shape index (κ2) is 8.58. The molecule has 0 aliphatic heterocycles. The minimum Gasteiger partial charge on any atom is -0.352 e. The lowest BCUT2D eigenvalue weighted by atomic mass is 10.1. The number of aliphatic hydroxyl groups is 1. The molecule has 0 heterocycles. The van der Waals surface area contributed by atoms with Crippen LogP contribution in [0.5, 0.6) is 0 Å². The van der Waals surface area contributed by atoms with Gasteiger partial charge < -0.3 is 25.0 Å². The molecule has 1 rings (SSSR count). The Balaban J connectivity index is 2.55. The van der Waals surface area contributed by atoms with Gasteiger partial charge >= 0.3 is 20.7 Å². The van der Waals surface area contributed by atoms with Crippen molar-refractivity contribution < 1.29 is 38.5 Å². The molecule has 0 bridgehead atoms. The number of rotatable bonds is 9. The van der Waals surface area contributed by atoms with Crippen molar-refractivity contribution in [2.45, 2.75) is 24.3 Å². The molecule has 11 heteroatoms. The molecule has 1 aromatic rings. The zero-order valence-electron chi connectivity index (χ0n) is 12.5. The van der Waals surface area contributed by atoms with E-state index in [1.54, 1.807) is 12.1 Å². The summed E-state index contributed by atoms with van der Waals surface area (Å²) in [5.74, 6) is -0.458. The summed E-state index contributed by atoms with van der Waals surface area (Å²) in [5, 5.41) is 9.09. The van der Waals surface area contributed by atoms with Gasteiger partial charge in [-0.25, -0.2) is 0 Å². The Kier molecular flexibility index (Phi) is 7.35. The number of benzene rings is 1. The molecule has 0 aliphatic rings. The molecule has 5 N–H and O–H groups in total. The SMILES string of the molecule is O=[14CH]Cc1ccc(C(=O)NCCCC(O)([P+](=O)O)P(=O)(O)O)cc1. The first kappa shape index (κ1) is 20.6. The van der Waals surface area contributed by atoms with Crippen LogP contribution in [0.25, 0.3) is 0 Å². The van der Waals surface area contributed by atoms with Crippen molar-refractivity contribution in [2.24, 2.45) is 0 Å². The maximum atomic E-state index is 11.9. The standard InChI is InChI=1S/C13H17NO8P2/c15-9-6-10-2-4-11(5-3-10)12(16)14-8-1-7-13(17,23(18)19)24(20,21)22/h2-5,9,17H,1,6-8H2,(H3-,14,16,18,19,20,21,22)/p+1/i9+2. The van der Waals surface area contributed by atoms with E-state index in [0.717, 1.165) is 11.8 Å². The third-order valence-electron chi connectivity index (χ3n) is 3.28. The first-order chi connectivity index (χ1) is 11.1. The van der Waals surface area contributed by atoms with Gasteiger partial charge in [0.1, 0.15) is 6.29 Å². The topological polar surface area (TPSA) is 161 Å². The third-order valence-corrected chi connectivity index (χ3v) is 6.57. The number of aldehydes is 1. The molecular weight excluding hydrogens is 362 g/mol. The van der Waals surface area contributed by atoms with E-state index < -0.39 is 33.0 Å². The largest absolute Gasteiger partial charge is 0.554 e. The van der Waals surface area contributed by atoms with Crippen molar-refractivity contribution in [1.82, 2.24) is 5.32 Å². The summed E-state index contributed by atoms with van der Waals surface area (Å²) in [6, 6.07) is 6.27. The quantitative estimate of drug-likeness (QED) is 0.235. The number of carbonyl (C=O) groups is 2. The predicted molar refractivity (Wildman–Crippen MR) is 84.6 cm³/mol. The highest BCUT2D eigenvalue weighted by Crippen LogP contribution is 2.61. The maximum Gasteiger partial charge on any atom is 0.554 e. The van der Waals surface area contributed by atoms with Crippen LogP contribution < -0.4 is 5.32 Å². The van der Waals surface area contributed by atoms with Crippen LogP contribution in [0.2, 0.25) is 0 Å². The van der Waals surface area contributed by atoms with Gasteiger partial charge in [0.05, 0.1) is 0 Å². The van der Waals surface area contributed by atoms with Crippen molar-refractivity contribution in [3.05, 3.63) is 35.4 Å². The minimum atomic E-state index is -5.20. The molecule has 0 radical (unpaired) electrons. The Labute approximate surface area is 138 Å². The molecule has 1 amide bonds. The molecule has 0 saturated heterocycles. The van der Waals surface area contributed by atoms with Crippen LogP contribution in [0.4, 0.5) is 0 Å². The fraction of sp³-hybridized carbons (Fsp3) is 0.385. The highest BCUT2D eigenvalue weighted by molar-refractivity contribution is 7.66. The number of hydrogen-bond donors (Lipinski definition) is 5. The molecule has 132 valence electrons. The molecule has 1 aromatic carbocycles. The maximum absolute atomic E-state index is 11.9. The zero-order chi connectivity index (χ0) is 18.4. The Hall–Kier alpha value is -1.47. The molecule has 9 nitrogen and oxygen atoms in total. The van der Waals surface area contributed by atoms with Gasteiger partial charge in [0.25, 0.3) is 5.91 Å². The lowest BCUT2D eigenvalue weighted by Crippen LogP contribution is -2.28. The van der Waals surface area contributed by atoms with E-state index in [4.69, 9.17) is 14.7 Å². The average molecular weight is 380 g/mol. The molecule has 2 unspecified atom stereocenters. The van der Waals surface area contributed by atoms with Crippen molar-refractivity contribution in [3.8, 4) is 0 Å². The van der Waals surface area contributed by atoms with Gasteiger partial charge in [0.2, 0.25) is 0 Å². The average Bonchev–Trinajstić information content (AvgIpc) is 2.50. The lowest BCUT2D eigenvalue weighted by Gasteiger charge is -2.16. The van der Waals surface area contributed by atoms with E-state index in [0.29, 0.717) is 5.56 Å². The van der Waals surface area contributed by atoms with Crippen LogP contribution in [0.3, 0.4) is 0 Å². The minimum absolute atomic E-state index is 0.0552. The summed E-state index contributed by atoms with van der Waals surface area (Å²) in [4.78, 5) is 49.1. The van der Waals surface area contributed by atoms with Gasteiger partial charge in [-0.15, -0.1) is 0 Å². The van der Waals surface area contributed by atoms with Crippen LogP contribution in [0, 0.1) is 0 Å². The monoisotopic (exact) mass is 380 g/mol. The van der Waals surface area contributed by atoms with Gasteiger partial charge in [-0.3, -0.25) is 9.36 Å². The van der Waals surface area contributed by atoms with Crippen molar-refractivity contribution in [1.29, 1.82) is 0 Å². The fourth-order valence-corrected chi connectivity index (χ4v) is 3.56. The van der Waals surface area contributed by atoms with E-state index in [2.05, 4.69) is 5.32 Å².